The van der Waals surface area contributed by atoms with Gasteiger partial charge in [0.05, 0.1) is 5.75 Å². The first-order valence-corrected chi connectivity index (χ1v) is 8.20. The van der Waals surface area contributed by atoms with Crippen molar-refractivity contribution in [3.8, 4) is 0 Å². The molecule has 0 fully saturated rings. The normalized spacial score (nSPS) is 19.5. The number of unbranched alkanes of at least 4 members (excludes halogenated alkanes) is 1. The van der Waals surface area contributed by atoms with Gasteiger partial charge in [0, 0.05) is 0 Å². The molecular weight excluding hydrogens is 248 g/mol. The Hall–Kier alpha value is -0.870. The van der Waals surface area contributed by atoms with E-state index in [-0.39, 0.29) is 5.75 Å². The minimum Gasteiger partial charge on any atom is -0.286 e. The van der Waals surface area contributed by atoms with E-state index in [1.807, 2.05) is 0 Å². The van der Waals surface area contributed by atoms with Gasteiger partial charge in [-0.05, 0) is 49.1 Å². The summed E-state index contributed by atoms with van der Waals surface area (Å²) in [5, 5.41) is 0. The molecule has 0 saturated heterocycles. The topological polar surface area (TPSA) is 54.4 Å². The number of rotatable bonds is 5. The monoisotopic (exact) mass is 268 g/mol. The molecule has 1 unspecified atom stereocenters. The maximum atomic E-state index is 10.6. The lowest BCUT2D eigenvalue weighted by molar-refractivity contribution is 0.471. The van der Waals surface area contributed by atoms with Crippen LogP contribution in [0, 0.1) is 0 Å². The number of hydrogen-bond acceptors (Lipinski definition) is 2. The van der Waals surface area contributed by atoms with Gasteiger partial charge in [-0.3, -0.25) is 4.55 Å². The summed E-state index contributed by atoms with van der Waals surface area (Å²) in [6.07, 6.45) is 6.02. The van der Waals surface area contributed by atoms with Gasteiger partial charge in [-0.25, -0.2) is 0 Å². The van der Waals surface area contributed by atoms with E-state index in [4.69, 9.17) is 4.55 Å². The van der Waals surface area contributed by atoms with Crippen LogP contribution in [-0.2, 0) is 16.5 Å². The standard InChI is InChI=1S/C14H20O3S/c15-18(16,17)11-4-3-7-13-9-5-8-12-6-1-2-10-14(12)13/h1-2,6,10,13H,3-5,7-9,11H2,(H,15,16,17). The molecule has 1 atom stereocenters. The third kappa shape index (κ3) is 3.82. The fourth-order valence-electron chi connectivity index (χ4n) is 2.83. The maximum absolute atomic E-state index is 10.6. The lowest BCUT2D eigenvalue weighted by atomic mass is 9.80. The van der Waals surface area contributed by atoms with Crippen molar-refractivity contribution in [1.82, 2.24) is 0 Å². The van der Waals surface area contributed by atoms with Gasteiger partial charge < -0.3 is 0 Å². The van der Waals surface area contributed by atoms with E-state index in [9.17, 15) is 8.42 Å². The van der Waals surface area contributed by atoms with Crippen molar-refractivity contribution < 1.29 is 13.0 Å². The molecule has 0 bridgehead atoms. The van der Waals surface area contributed by atoms with Crippen molar-refractivity contribution >= 4 is 10.1 Å². The molecule has 0 aromatic heterocycles. The molecular formula is C14H20O3S. The zero-order valence-corrected chi connectivity index (χ0v) is 11.3. The smallest absolute Gasteiger partial charge is 0.264 e. The van der Waals surface area contributed by atoms with Crippen molar-refractivity contribution in [3.05, 3.63) is 35.4 Å². The number of aryl methyl sites for hydroxylation is 1. The van der Waals surface area contributed by atoms with E-state index >= 15 is 0 Å². The van der Waals surface area contributed by atoms with Gasteiger partial charge in [-0.1, -0.05) is 30.7 Å². The van der Waals surface area contributed by atoms with Crippen LogP contribution >= 0.6 is 0 Å². The molecule has 0 spiro atoms. The van der Waals surface area contributed by atoms with E-state index in [2.05, 4.69) is 24.3 Å². The second-order valence-electron chi connectivity index (χ2n) is 5.07. The molecule has 100 valence electrons. The van der Waals surface area contributed by atoms with Gasteiger partial charge >= 0.3 is 0 Å². The molecule has 1 N–H and O–H groups in total. The van der Waals surface area contributed by atoms with E-state index in [0.717, 1.165) is 19.3 Å². The predicted molar refractivity (Wildman–Crippen MR) is 72.4 cm³/mol. The SMILES string of the molecule is O=S(=O)(O)CCCCC1CCCc2ccccc21. The highest BCUT2D eigenvalue weighted by Gasteiger charge is 2.19. The van der Waals surface area contributed by atoms with Gasteiger partial charge in [0.2, 0.25) is 0 Å². The highest BCUT2D eigenvalue weighted by Crippen LogP contribution is 2.34. The van der Waals surface area contributed by atoms with E-state index in [0.29, 0.717) is 12.3 Å². The van der Waals surface area contributed by atoms with Crippen LogP contribution < -0.4 is 0 Å². The maximum Gasteiger partial charge on any atom is 0.264 e. The van der Waals surface area contributed by atoms with Crippen LogP contribution in [0.15, 0.2) is 24.3 Å². The van der Waals surface area contributed by atoms with Gasteiger partial charge in [-0.2, -0.15) is 8.42 Å². The third-order valence-corrected chi connectivity index (χ3v) is 4.50. The van der Waals surface area contributed by atoms with Crippen LogP contribution in [0.1, 0.15) is 49.1 Å². The quantitative estimate of drug-likeness (QED) is 0.659. The van der Waals surface area contributed by atoms with E-state index < -0.39 is 10.1 Å². The summed E-state index contributed by atoms with van der Waals surface area (Å²) in [6.45, 7) is 0. The fraction of sp³-hybridized carbons (Fsp3) is 0.571. The molecule has 1 aliphatic carbocycles. The van der Waals surface area contributed by atoms with Crippen molar-refractivity contribution in [1.29, 1.82) is 0 Å². The van der Waals surface area contributed by atoms with Gasteiger partial charge in [0.1, 0.15) is 0 Å². The molecule has 0 heterocycles. The van der Waals surface area contributed by atoms with Crippen LogP contribution in [0.3, 0.4) is 0 Å². The Morgan fingerprint density at radius 2 is 2.00 bits per heavy atom. The average molecular weight is 268 g/mol. The van der Waals surface area contributed by atoms with Crippen molar-refractivity contribution in [2.24, 2.45) is 0 Å². The zero-order valence-electron chi connectivity index (χ0n) is 10.5. The van der Waals surface area contributed by atoms with Crippen LogP contribution in [0.2, 0.25) is 0 Å². The Labute approximate surface area is 109 Å². The molecule has 0 amide bonds. The summed E-state index contributed by atoms with van der Waals surface area (Å²) in [5.41, 5.74) is 2.89. The molecule has 1 aliphatic rings. The zero-order chi connectivity index (χ0) is 13.0. The van der Waals surface area contributed by atoms with Crippen molar-refractivity contribution in [2.75, 3.05) is 5.75 Å². The Morgan fingerprint density at radius 1 is 1.22 bits per heavy atom. The van der Waals surface area contributed by atoms with Crippen molar-refractivity contribution in [3.63, 3.8) is 0 Å². The van der Waals surface area contributed by atoms with Gasteiger partial charge in [0.15, 0.2) is 0 Å². The molecule has 0 saturated carbocycles. The largest absolute Gasteiger partial charge is 0.286 e. The van der Waals surface area contributed by atoms with E-state index in [1.54, 1.807) is 0 Å². The summed E-state index contributed by atoms with van der Waals surface area (Å²) in [7, 11) is -3.79. The predicted octanol–water partition coefficient (Wildman–Crippen LogP) is 3.16. The van der Waals surface area contributed by atoms with Gasteiger partial charge in [0.25, 0.3) is 10.1 Å². The molecule has 3 nitrogen and oxygen atoms in total. The van der Waals surface area contributed by atoms with Crippen LogP contribution in [-0.4, -0.2) is 18.7 Å². The Kier molecular flexibility index (Phi) is 4.40. The summed E-state index contributed by atoms with van der Waals surface area (Å²) in [4.78, 5) is 0. The Morgan fingerprint density at radius 3 is 2.78 bits per heavy atom. The molecule has 1 aromatic rings. The average Bonchev–Trinajstić information content (AvgIpc) is 2.33. The lowest BCUT2D eigenvalue weighted by Crippen LogP contribution is -2.10. The molecule has 18 heavy (non-hydrogen) atoms. The molecule has 1 aromatic carbocycles. The summed E-state index contributed by atoms with van der Waals surface area (Å²) in [5.74, 6) is 0.456. The number of benzene rings is 1. The van der Waals surface area contributed by atoms with Crippen LogP contribution in [0.5, 0.6) is 0 Å². The fourth-order valence-corrected chi connectivity index (χ4v) is 3.40. The van der Waals surface area contributed by atoms with Crippen LogP contribution in [0.4, 0.5) is 0 Å². The highest BCUT2D eigenvalue weighted by atomic mass is 32.2. The van der Waals surface area contributed by atoms with Gasteiger partial charge in [-0.15, -0.1) is 0 Å². The number of fused-ring (bicyclic) bond motifs is 1. The van der Waals surface area contributed by atoms with Crippen molar-refractivity contribution in [2.45, 2.75) is 44.4 Å². The minimum absolute atomic E-state index is 0.110. The third-order valence-electron chi connectivity index (χ3n) is 3.70. The molecule has 2 rings (SSSR count). The van der Waals surface area contributed by atoms with Crippen LogP contribution in [0.25, 0.3) is 0 Å². The molecule has 0 radical (unpaired) electrons. The second kappa shape index (κ2) is 5.85. The summed E-state index contributed by atoms with van der Waals surface area (Å²) < 4.78 is 30.0. The second-order valence-corrected chi connectivity index (χ2v) is 6.64. The Balaban J connectivity index is 1.88. The Bertz CT molecular complexity index is 494. The highest BCUT2D eigenvalue weighted by molar-refractivity contribution is 7.85. The summed E-state index contributed by atoms with van der Waals surface area (Å²) >= 11 is 0. The first-order valence-electron chi connectivity index (χ1n) is 6.59. The minimum atomic E-state index is -3.79. The first kappa shape index (κ1) is 13.6. The molecule has 4 heteroatoms. The lowest BCUT2D eigenvalue weighted by Gasteiger charge is -2.25. The molecule has 0 aliphatic heterocycles. The van der Waals surface area contributed by atoms with E-state index in [1.165, 1.54) is 24.0 Å². The number of hydrogen-bond donors (Lipinski definition) is 1. The first-order chi connectivity index (χ1) is 8.56. The summed E-state index contributed by atoms with van der Waals surface area (Å²) in [6, 6.07) is 8.55.